The number of methoxy groups -OCH3 is 1. The summed E-state index contributed by atoms with van der Waals surface area (Å²) < 4.78 is 28.9. The van der Waals surface area contributed by atoms with E-state index in [1.54, 1.807) is 0 Å². The van der Waals surface area contributed by atoms with Gasteiger partial charge in [0.1, 0.15) is 0 Å². The average Bonchev–Trinajstić information content (AvgIpc) is 2.62. The zero-order chi connectivity index (χ0) is 18.3. The number of carbonyl (C=O) groups excluding carboxylic acids is 1. The van der Waals surface area contributed by atoms with Crippen molar-refractivity contribution in [2.45, 2.75) is 11.3 Å². The number of sulfone groups is 1. The van der Waals surface area contributed by atoms with E-state index >= 15 is 0 Å². The van der Waals surface area contributed by atoms with Crippen LogP contribution in [0.1, 0.15) is 15.9 Å². The smallest absolute Gasteiger partial charge is 0.251 e. The molecule has 2 aromatic carbocycles. The first-order chi connectivity index (χ1) is 11.9. The maximum absolute atomic E-state index is 12.1. The molecule has 134 valence electrons. The number of ether oxygens (including phenoxy) is 1. The molecular formula is C18H22N2O4S. The Morgan fingerprint density at radius 2 is 1.72 bits per heavy atom. The minimum absolute atomic E-state index is 0.0867. The lowest BCUT2D eigenvalue weighted by atomic mass is 10.1. The van der Waals surface area contributed by atoms with Gasteiger partial charge in [0, 0.05) is 24.9 Å². The Labute approximate surface area is 147 Å². The number of benzene rings is 2. The van der Waals surface area contributed by atoms with Crippen LogP contribution in [0, 0.1) is 0 Å². The zero-order valence-corrected chi connectivity index (χ0v) is 14.9. The lowest BCUT2D eigenvalue weighted by Crippen LogP contribution is -2.25. The SMILES string of the molecule is COCCS(=O)(=O)c1ccc(C(=O)NCCc2ccc(N)cc2)cc1. The molecule has 6 nitrogen and oxygen atoms in total. The van der Waals surface area contributed by atoms with Gasteiger partial charge in [0.2, 0.25) is 0 Å². The first-order valence-electron chi connectivity index (χ1n) is 7.87. The Morgan fingerprint density at radius 1 is 1.08 bits per heavy atom. The standard InChI is InChI=1S/C18H22N2O4S/c1-24-12-13-25(22,23)17-8-4-15(5-9-17)18(21)20-11-10-14-2-6-16(19)7-3-14/h2-9H,10-13,19H2,1H3,(H,20,21). The van der Waals surface area contributed by atoms with E-state index < -0.39 is 9.84 Å². The molecule has 25 heavy (non-hydrogen) atoms. The summed E-state index contributed by atoms with van der Waals surface area (Å²) >= 11 is 0. The molecule has 3 N–H and O–H groups in total. The third-order valence-electron chi connectivity index (χ3n) is 3.71. The fourth-order valence-electron chi connectivity index (χ4n) is 2.23. The summed E-state index contributed by atoms with van der Waals surface area (Å²) in [7, 11) is -1.94. The molecule has 0 fully saturated rings. The predicted molar refractivity (Wildman–Crippen MR) is 97.3 cm³/mol. The third kappa shape index (κ3) is 5.58. The Balaban J connectivity index is 1.90. The van der Waals surface area contributed by atoms with Crippen LogP contribution in [0.4, 0.5) is 5.69 Å². The summed E-state index contributed by atoms with van der Waals surface area (Å²) in [5.74, 6) is -0.326. The van der Waals surface area contributed by atoms with Crippen molar-refractivity contribution in [3.63, 3.8) is 0 Å². The summed E-state index contributed by atoms with van der Waals surface area (Å²) in [6.45, 7) is 0.617. The highest BCUT2D eigenvalue weighted by Gasteiger charge is 2.15. The van der Waals surface area contributed by atoms with Crippen molar-refractivity contribution < 1.29 is 17.9 Å². The van der Waals surface area contributed by atoms with Crippen molar-refractivity contribution in [3.8, 4) is 0 Å². The summed E-state index contributed by atoms with van der Waals surface area (Å²) in [6.07, 6.45) is 0.690. The van der Waals surface area contributed by atoms with Crippen molar-refractivity contribution in [1.29, 1.82) is 0 Å². The number of nitrogen functional groups attached to an aromatic ring is 1. The second-order valence-corrected chi connectivity index (χ2v) is 7.69. The molecule has 0 aromatic heterocycles. The number of carbonyl (C=O) groups is 1. The van der Waals surface area contributed by atoms with Gasteiger partial charge in [-0.25, -0.2) is 8.42 Å². The second-order valence-electron chi connectivity index (χ2n) is 5.58. The summed E-state index contributed by atoms with van der Waals surface area (Å²) in [4.78, 5) is 12.3. The van der Waals surface area contributed by atoms with Crippen LogP contribution in [0.2, 0.25) is 0 Å². The lowest BCUT2D eigenvalue weighted by Gasteiger charge is -2.07. The van der Waals surface area contributed by atoms with Crippen LogP contribution < -0.4 is 11.1 Å². The van der Waals surface area contributed by atoms with Crippen molar-refractivity contribution in [1.82, 2.24) is 5.32 Å². The van der Waals surface area contributed by atoms with Gasteiger partial charge in [-0.2, -0.15) is 0 Å². The van der Waals surface area contributed by atoms with E-state index in [1.807, 2.05) is 24.3 Å². The van der Waals surface area contributed by atoms with E-state index in [-0.39, 0.29) is 23.2 Å². The van der Waals surface area contributed by atoms with Gasteiger partial charge in [-0.3, -0.25) is 4.79 Å². The average molecular weight is 362 g/mol. The highest BCUT2D eigenvalue weighted by molar-refractivity contribution is 7.91. The van der Waals surface area contributed by atoms with Crippen LogP contribution in [-0.4, -0.2) is 40.3 Å². The molecule has 2 rings (SSSR count). The molecule has 0 atom stereocenters. The number of hydrogen-bond donors (Lipinski definition) is 2. The van der Waals surface area contributed by atoms with Gasteiger partial charge in [-0.15, -0.1) is 0 Å². The van der Waals surface area contributed by atoms with Gasteiger partial charge in [-0.1, -0.05) is 12.1 Å². The van der Waals surface area contributed by atoms with Crippen LogP contribution >= 0.6 is 0 Å². The Kier molecular flexibility index (Phi) is 6.55. The fourth-order valence-corrected chi connectivity index (χ4v) is 3.40. The van der Waals surface area contributed by atoms with E-state index in [2.05, 4.69) is 5.32 Å². The molecule has 0 saturated heterocycles. The monoisotopic (exact) mass is 362 g/mol. The van der Waals surface area contributed by atoms with E-state index in [4.69, 9.17) is 10.5 Å². The lowest BCUT2D eigenvalue weighted by molar-refractivity contribution is 0.0954. The first-order valence-corrected chi connectivity index (χ1v) is 9.52. The minimum atomic E-state index is -3.39. The van der Waals surface area contributed by atoms with Crippen LogP contribution in [0.3, 0.4) is 0 Å². The third-order valence-corrected chi connectivity index (χ3v) is 5.41. The van der Waals surface area contributed by atoms with Crippen molar-refractivity contribution in [2.24, 2.45) is 0 Å². The quantitative estimate of drug-likeness (QED) is 0.696. The number of nitrogens with one attached hydrogen (secondary N) is 1. The molecule has 0 aliphatic heterocycles. The van der Waals surface area contributed by atoms with E-state index in [0.717, 1.165) is 5.56 Å². The molecule has 0 unspecified atom stereocenters. The second kappa shape index (κ2) is 8.64. The summed E-state index contributed by atoms with van der Waals surface area (Å²) in [6, 6.07) is 13.4. The van der Waals surface area contributed by atoms with Gasteiger partial charge in [0.25, 0.3) is 5.91 Å². The largest absolute Gasteiger partial charge is 0.399 e. The van der Waals surface area contributed by atoms with Gasteiger partial charge in [0.05, 0.1) is 17.3 Å². The molecule has 0 radical (unpaired) electrons. The Morgan fingerprint density at radius 3 is 2.32 bits per heavy atom. The van der Waals surface area contributed by atoms with E-state index in [1.165, 1.54) is 31.4 Å². The molecule has 0 bridgehead atoms. The molecular weight excluding hydrogens is 340 g/mol. The number of nitrogens with two attached hydrogens (primary N) is 1. The topological polar surface area (TPSA) is 98.5 Å². The highest BCUT2D eigenvalue weighted by Crippen LogP contribution is 2.13. The van der Waals surface area contributed by atoms with E-state index in [0.29, 0.717) is 24.2 Å². The molecule has 0 spiro atoms. The first kappa shape index (κ1) is 19.0. The molecule has 7 heteroatoms. The minimum Gasteiger partial charge on any atom is -0.399 e. The van der Waals surface area contributed by atoms with Gasteiger partial charge < -0.3 is 15.8 Å². The van der Waals surface area contributed by atoms with Crippen molar-refractivity contribution in [2.75, 3.05) is 31.7 Å². The maximum atomic E-state index is 12.1. The summed E-state index contributed by atoms with van der Waals surface area (Å²) in [5.41, 5.74) is 7.83. The maximum Gasteiger partial charge on any atom is 0.251 e. The predicted octanol–water partition coefficient (Wildman–Crippen LogP) is 1.66. The normalized spacial score (nSPS) is 11.2. The van der Waals surface area contributed by atoms with Crippen LogP contribution in [-0.2, 0) is 21.0 Å². The number of hydrogen-bond acceptors (Lipinski definition) is 5. The van der Waals surface area contributed by atoms with Crippen LogP contribution in [0.5, 0.6) is 0 Å². The number of rotatable bonds is 8. The van der Waals surface area contributed by atoms with Gasteiger partial charge >= 0.3 is 0 Å². The molecule has 0 aliphatic rings. The molecule has 0 heterocycles. The molecule has 0 saturated carbocycles. The Bertz CT molecular complexity index is 800. The van der Waals surface area contributed by atoms with Crippen molar-refractivity contribution >= 4 is 21.4 Å². The fraction of sp³-hybridized carbons (Fsp3) is 0.278. The van der Waals surface area contributed by atoms with Gasteiger partial charge in [0.15, 0.2) is 9.84 Å². The highest BCUT2D eigenvalue weighted by atomic mass is 32.2. The van der Waals surface area contributed by atoms with Gasteiger partial charge in [-0.05, 0) is 48.4 Å². The molecule has 1 amide bonds. The van der Waals surface area contributed by atoms with Crippen molar-refractivity contribution in [3.05, 3.63) is 59.7 Å². The Hall–Kier alpha value is -2.38. The van der Waals surface area contributed by atoms with E-state index in [9.17, 15) is 13.2 Å². The number of amides is 1. The van der Waals surface area contributed by atoms with Crippen LogP contribution in [0.25, 0.3) is 0 Å². The number of anilines is 1. The zero-order valence-electron chi connectivity index (χ0n) is 14.1. The summed E-state index contributed by atoms with van der Waals surface area (Å²) in [5, 5.41) is 2.81. The molecule has 0 aliphatic carbocycles. The molecule has 2 aromatic rings. The van der Waals surface area contributed by atoms with Crippen LogP contribution in [0.15, 0.2) is 53.4 Å².